The lowest BCUT2D eigenvalue weighted by molar-refractivity contribution is -0.116. The Kier molecular flexibility index (Phi) is 9.44. The van der Waals surface area contributed by atoms with E-state index in [1.54, 1.807) is 48.5 Å². The van der Waals surface area contributed by atoms with Gasteiger partial charge in [-0.3, -0.25) is 30.6 Å². The zero-order valence-corrected chi connectivity index (χ0v) is 18.3. The predicted molar refractivity (Wildman–Crippen MR) is 123 cm³/mol. The summed E-state index contributed by atoms with van der Waals surface area (Å²) in [7, 11) is 0. The van der Waals surface area contributed by atoms with Crippen LogP contribution in [-0.4, -0.2) is 29.4 Å². The van der Waals surface area contributed by atoms with E-state index in [-0.39, 0.29) is 11.0 Å². The molecule has 0 radical (unpaired) electrons. The van der Waals surface area contributed by atoms with Crippen LogP contribution in [0.4, 0.5) is 5.69 Å². The summed E-state index contributed by atoms with van der Waals surface area (Å²) in [5.41, 5.74) is 6.21. The molecule has 3 amide bonds. The van der Waals surface area contributed by atoms with Crippen molar-refractivity contribution in [2.45, 2.75) is 33.1 Å². The second kappa shape index (κ2) is 12.3. The Bertz CT molecular complexity index is 931. The first-order chi connectivity index (χ1) is 14.9. The molecule has 0 unspecified atom stereocenters. The number of amides is 3. The second-order valence-corrected chi connectivity index (χ2v) is 6.93. The molecule has 0 atom stereocenters. The molecule has 0 spiro atoms. The summed E-state index contributed by atoms with van der Waals surface area (Å²) in [6.07, 6.45) is 2.23. The molecule has 0 bridgehead atoms. The lowest BCUT2D eigenvalue weighted by Crippen LogP contribution is -2.48. The number of hydrogen-bond donors (Lipinski definition) is 4. The van der Waals surface area contributed by atoms with Crippen LogP contribution in [0, 0.1) is 0 Å². The van der Waals surface area contributed by atoms with Crippen LogP contribution in [0.5, 0.6) is 5.75 Å². The number of para-hydroxylation sites is 1. The van der Waals surface area contributed by atoms with Gasteiger partial charge in [-0.25, -0.2) is 0 Å². The number of unbranched alkanes of at least 4 members (excludes halogenated alkanes) is 1. The van der Waals surface area contributed by atoms with Gasteiger partial charge in [0.2, 0.25) is 5.91 Å². The van der Waals surface area contributed by atoms with Gasteiger partial charge in [0.05, 0.1) is 12.2 Å². The molecule has 0 saturated carbocycles. The number of thiocarbonyl (C=S) groups is 1. The minimum Gasteiger partial charge on any atom is -0.493 e. The summed E-state index contributed by atoms with van der Waals surface area (Å²) < 4.78 is 5.43. The molecule has 0 aliphatic heterocycles. The van der Waals surface area contributed by atoms with Crippen molar-refractivity contribution in [1.29, 1.82) is 0 Å². The number of carbonyl (C=O) groups excluding carboxylic acids is 3. The number of ether oxygens (including phenoxy) is 1. The molecule has 2 rings (SSSR count). The molecule has 0 aliphatic carbocycles. The van der Waals surface area contributed by atoms with Crippen molar-refractivity contribution >= 4 is 40.7 Å². The van der Waals surface area contributed by atoms with E-state index in [4.69, 9.17) is 17.0 Å². The quantitative estimate of drug-likeness (QED) is 0.369. The van der Waals surface area contributed by atoms with Gasteiger partial charge in [-0.05, 0) is 62.0 Å². The molecule has 8 nitrogen and oxygen atoms in total. The van der Waals surface area contributed by atoms with Crippen LogP contribution in [-0.2, 0) is 4.79 Å². The Morgan fingerprint density at radius 1 is 0.935 bits per heavy atom. The molecular formula is C22H26N4O4S. The molecule has 0 heterocycles. The monoisotopic (exact) mass is 442 g/mol. The maximum absolute atomic E-state index is 12.4. The fraction of sp³-hybridized carbons (Fsp3) is 0.273. The molecule has 9 heteroatoms. The summed E-state index contributed by atoms with van der Waals surface area (Å²) in [6, 6.07) is 13.2. The van der Waals surface area contributed by atoms with Gasteiger partial charge in [-0.15, -0.1) is 0 Å². The van der Waals surface area contributed by atoms with Gasteiger partial charge >= 0.3 is 0 Å². The third-order valence-corrected chi connectivity index (χ3v) is 4.34. The molecule has 0 aromatic heterocycles. The van der Waals surface area contributed by atoms with Gasteiger partial charge in [0.25, 0.3) is 11.8 Å². The highest BCUT2D eigenvalue weighted by atomic mass is 32.1. The maximum Gasteiger partial charge on any atom is 0.269 e. The Balaban J connectivity index is 1.84. The van der Waals surface area contributed by atoms with E-state index in [9.17, 15) is 14.4 Å². The van der Waals surface area contributed by atoms with Gasteiger partial charge in [0.15, 0.2) is 5.11 Å². The van der Waals surface area contributed by atoms with E-state index < -0.39 is 11.8 Å². The first kappa shape index (κ1) is 23.8. The molecule has 2 aromatic rings. The van der Waals surface area contributed by atoms with Crippen molar-refractivity contribution < 1.29 is 19.1 Å². The predicted octanol–water partition coefficient (Wildman–Crippen LogP) is 3.16. The van der Waals surface area contributed by atoms with Crippen LogP contribution in [0.15, 0.2) is 48.5 Å². The third kappa shape index (κ3) is 7.71. The van der Waals surface area contributed by atoms with Gasteiger partial charge in [-0.1, -0.05) is 25.5 Å². The number of hydrogen-bond acceptors (Lipinski definition) is 5. The fourth-order valence-corrected chi connectivity index (χ4v) is 2.73. The van der Waals surface area contributed by atoms with E-state index >= 15 is 0 Å². The highest BCUT2D eigenvalue weighted by Gasteiger charge is 2.14. The summed E-state index contributed by atoms with van der Waals surface area (Å²) in [4.78, 5) is 36.4. The summed E-state index contributed by atoms with van der Waals surface area (Å²) in [5.74, 6) is -0.530. The number of rotatable bonds is 8. The maximum atomic E-state index is 12.4. The van der Waals surface area contributed by atoms with Crippen LogP contribution < -0.4 is 26.2 Å². The Morgan fingerprint density at radius 2 is 1.65 bits per heavy atom. The van der Waals surface area contributed by atoms with Crippen LogP contribution in [0.2, 0.25) is 0 Å². The molecule has 2 aromatic carbocycles. The van der Waals surface area contributed by atoms with E-state index in [0.29, 0.717) is 35.6 Å². The van der Waals surface area contributed by atoms with Crippen LogP contribution >= 0.6 is 12.2 Å². The molecule has 4 N–H and O–H groups in total. The zero-order valence-electron chi connectivity index (χ0n) is 17.5. The molecular weight excluding hydrogens is 416 g/mol. The smallest absolute Gasteiger partial charge is 0.269 e. The van der Waals surface area contributed by atoms with E-state index in [1.807, 2.05) is 13.8 Å². The molecule has 164 valence electrons. The number of anilines is 1. The van der Waals surface area contributed by atoms with Crippen molar-refractivity contribution in [1.82, 2.24) is 16.2 Å². The summed E-state index contributed by atoms with van der Waals surface area (Å²) in [6.45, 7) is 4.26. The van der Waals surface area contributed by atoms with Crippen molar-refractivity contribution in [3.8, 4) is 5.75 Å². The second-order valence-electron chi connectivity index (χ2n) is 6.52. The minimum absolute atomic E-state index is 0.0623. The van der Waals surface area contributed by atoms with E-state index in [1.165, 1.54) is 0 Å². The summed E-state index contributed by atoms with van der Waals surface area (Å²) >= 11 is 5.06. The number of benzene rings is 2. The number of hydrazine groups is 1. The largest absolute Gasteiger partial charge is 0.493 e. The van der Waals surface area contributed by atoms with Crippen molar-refractivity contribution in [3.63, 3.8) is 0 Å². The molecule has 31 heavy (non-hydrogen) atoms. The van der Waals surface area contributed by atoms with Crippen LogP contribution in [0.1, 0.15) is 53.8 Å². The first-order valence-corrected chi connectivity index (χ1v) is 10.4. The van der Waals surface area contributed by atoms with Crippen LogP contribution in [0.25, 0.3) is 0 Å². The number of carbonyl (C=O) groups is 3. The van der Waals surface area contributed by atoms with Gasteiger partial charge in [-0.2, -0.15) is 0 Å². The topological polar surface area (TPSA) is 109 Å². The van der Waals surface area contributed by atoms with Crippen molar-refractivity contribution in [2.24, 2.45) is 0 Å². The van der Waals surface area contributed by atoms with Gasteiger partial charge in [0, 0.05) is 17.7 Å². The first-order valence-electron chi connectivity index (χ1n) is 9.98. The van der Waals surface area contributed by atoms with Crippen molar-refractivity contribution in [3.05, 3.63) is 59.7 Å². The van der Waals surface area contributed by atoms with Crippen molar-refractivity contribution in [2.75, 3.05) is 11.9 Å². The SMILES string of the molecule is CCCCC(=O)Nc1ccc(C(=O)NNC(=S)NC(=O)c2ccccc2OCC)cc1. The average molecular weight is 443 g/mol. The Morgan fingerprint density at radius 3 is 2.32 bits per heavy atom. The summed E-state index contributed by atoms with van der Waals surface area (Å²) in [5, 5.41) is 5.20. The lowest BCUT2D eigenvalue weighted by atomic mass is 10.2. The average Bonchev–Trinajstić information content (AvgIpc) is 2.77. The molecule has 0 saturated heterocycles. The highest BCUT2D eigenvalue weighted by Crippen LogP contribution is 2.17. The van der Waals surface area contributed by atoms with E-state index in [2.05, 4.69) is 21.5 Å². The molecule has 0 aliphatic rings. The zero-order chi connectivity index (χ0) is 22.6. The minimum atomic E-state index is -0.459. The van der Waals surface area contributed by atoms with Gasteiger partial charge in [0.1, 0.15) is 5.75 Å². The number of nitrogens with one attached hydrogen (secondary N) is 4. The highest BCUT2D eigenvalue weighted by molar-refractivity contribution is 7.80. The molecule has 0 fully saturated rings. The Hall–Kier alpha value is -3.46. The van der Waals surface area contributed by atoms with E-state index in [0.717, 1.165) is 12.8 Å². The lowest BCUT2D eigenvalue weighted by Gasteiger charge is -2.13. The fourth-order valence-electron chi connectivity index (χ4n) is 2.59. The standard InChI is InChI=1S/C22H26N4O4S/c1-3-5-10-19(27)23-16-13-11-15(12-14-16)20(28)25-26-22(31)24-21(29)17-8-6-7-9-18(17)30-4-2/h6-9,11-14H,3-5,10H2,1-2H3,(H,23,27)(H,25,28)(H2,24,26,29,31). The Labute approximate surface area is 186 Å². The normalized spacial score (nSPS) is 10.0. The van der Waals surface area contributed by atoms with Gasteiger partial charge < -0.3 is 10.1 Å². The van der Waals surface area contributed by atoms with Crippen LogP contribution in [0.3, 0.4) is 0 Å². The third-order valence-electron chi connectivity index (χ3n) is 4.14.